The summed E-state index contributed by atoms with van der Waals surface area (Å²) in [4.78, 5) is 23.8. The Morgan fingerprint density at radius 3 is 2.57 bits per heavy atom. The lowest BCUT2D eigenvalue weighted by molar-refractivity contribution is -0.144. The van der Waals surface area contributed by atoms with Crippen molar-refractivity contribution in [2.24, 2.45) is 0 Å². The number of fused-ring (bicyclic) bond motifs is 1. The minimum Gasteiger partial charge on any atom is -0.469 e. The highest BCUT2D eigenvalue weighted by Gasteiger charge is 2.44. The molecule has 2 aliphatic rings. The first-order chi connectivity index (χ1) is 9.96. The van der Waals surface area contributed by atoms with Crippen molar-refractivity contribution < 1.29 is 19.4 Å². The molecule has 1 N–H and O–H groups in total. The van der Waals surface area contributed by atoms with E-state index in [1.807, 2.05) is 0 Å². The SMILES string of the molecule is CCCCCCCC1=CC2=CC(=O)C(C)(O)C(=O)C2=CO1. The van der Waals surface area contributed by atoms with Gasteiger partial charge in [-0.1, -0.05) is 32.6 Å². The van der Waals surface area contributed by atoms with Gasteiger partial charge in [0, 0.05) is 6.42 Å². The van der Waals surface area contributed by atoms with Gasteiger partial charge in [-0.2, -0.15) is 0 Å². The quantitative estimate of drug-likeness (QED) is 0.603. The molecule has 114 valence electrons. The van der Waals surface area contributed by atoms with E-state index in [0.29, 0.717) is 5.57 Å². The predicted octanol–water partition coefficient (Wildman–Crippen LogP) is 2.97. The van der Waals surface area contributed by atoms with Gasteiger partial charge in [0.15, 0.2) is 11.4 Å². The summed E-state index contributed by atoms with van der Waals surface area (Å²) in [5.74, 6) is -0.396. The van der Waals surface area contributed by atoms with Gasteiger partial charge >= 0.3 is 0 Å². The van der Waals surface area contributed by atoms with Crippen LogP contribution in [0.4, 0.5) is 0 Å². The maximum atomic E-state index is 12.0. The van der Waals surface area contributed by atoms with Crippen LogP contribution in [-0.4, -0.2) is 22.3 Å². The van der Waals surface area contributed by atoms with Crippen LogP contribution in [-0.2, 0) is 14.3 Å². The van der Waals surface area contributed by atoms with Gasteiger partial charge < -0.3 is 9.84 Å². The number of allylic oxidation sites excluding steroid dienone is 3. The summed E-state index contributed by atoms with van der Waals surface area (Å²) >= 11 is 0. The molecule has 0 bridgehead atoms. The number of Topliss-reactive ketones (excluding diaryl/α,β-unsaturated/α-hetero) is 1. The molecule has 1 aliphatic heterocycles. The van der Waals surface area contributed by atoms with Crippen molar-refractivity contribution in [3.8, 4) is 0 Å². The molecule has 0 amide bonds. The van der Waals surface area contributed by atoms with Crippen LogP contribution in [0, 0.1) is 0 Å². The van der Waals surface area contributed by atoms with Crippen LogP contribution in [0.1, 0.15) is 52.4 Å². The molecule has 0 aromatic rings. The number of aliphatic hydroxyl groups is 1. The van der Waals surface area contributed by atoms with Crippen molar-refractivity contribution >= 4 is 11.6 Å². The molecule has 1 atom stereocenters. The fourth-order valence-electron chi connectivity index (χ4n) is 2.48. The van der Waals surface area contributed by atoms with Gasteiger partial charge in [0.2, 0.25) is 5.78 Å². The van der Waals surface area contributed by atoms with Crippen molar-refractivity contribution in [3.05, 3.63) is 35.3 Å². The lowest BCUT2D eigenvalue weighted by Gasteiger charge is -2.27. The Bertz CT molecular complexity index is 535. The first-order valence-electron chi connectivity index (χ1n) is 7.58. The van der Waals surface area contributed by atoms with Crippen LogP contribution < -0.4 is 0 Å². The Labute approximate surface area is 125 Å². The minimum absolute atomic E-state index is 0.273. The smallest absolute Gasteiger partial charge is 0.205 e. The summed E-state index contributed by atoms with van der Waals surface area (Å²) in [6.45, 7) is 3.40. The lowest BCUT2D eigenvalue weighted by atomic mass is 9.80. The summed E-state index contributed by atoms with van der Waals surface area (Å²) in [5, 5.41) is 9.88. The Morgan fingerprint density at radius 1 is 1.14 bits per heavy atom. The maximum Gasteiger partial charge on any atom is 0.205 e. The molecular weight excluding hydrogens is 268 g/mol. The van der Waals surface area contributed by atoms with Gasteiger partial charge in [0.1, 0.15) is 12.0 Å². The van der Waals surface area contributed by atoms with Crippen LogP contribution in [0.25, 0.3) is 0 Å². The Morgan fingerprint density at radius 2 is 1.86 bits per heavy atom. The van der Waals surface area contributed by atoms with E-state index < -0.39 is 17.2 Å². The molecule has 0 spiro atoms. The summed E-state index contributed by atoms with van der Waals surface area (Å²) in [6.07, 6.45) is 11.1. The molecule has 0 aromatic heterocycles. The molecule has 0 fully saturated rings. The molecule has 4 heteroatoms. The van der Waals surface area contributed by atoms with E-state index >= 15 is 0 Å². The van der Waals surface area contributed by atoms with E-state index in [9.17, 15) is 14.7 Å². The van der Waals surface area contributed by atoms with Gasteiger partial charge in [-0.25, -0.2) is 0 Å². The van der Waals surface area contributed by atoms with Crippen molar-refractivity contribution in [1.82, 2.24) is 0 Å². The number of carbonyl (C=O) groups excluding carboxylic acids is 2. The molecule has 0 aromatic carbocycles. The zero-order valence-electron chi connectivity index (χ0n) is 12.6. The average Bonchev–Trinajstić information content (AvgIpc) is 2.45. The largest absolute Gasteiger partial charge is 0.469 e. The molecule has 1 aliphatic carbocycles. The van der Waals surface area contributed by atoms with Gasteiger partial charge in [0.05, 0.1) is 5.57 Å². The Balaban J connectivity index is 2.01. The summed E-state index contributed by atoms with van der Waals surface area (Å²) in [6, 6.07) is 0. The highest BCUT2D eigenvalue weighted by atomic mass is 16.5. The molecule has 0 radical (unpaired) electrons. The average molecular weight is 290 g/mol. The highest BCUT2D eigenvalue weighted by molar-refractivity contribution is 6.25. The van der Waals surface area contributed by atoms with Gasteiger partial charge in [0.25, 0.3) is 0 Å². The topological polar surface area (TPSA) is 63.6 Å². The van der Waals surface area contributed by atoms with E-state index in [2.05, 4.69) is 6.92 Å². The number of hydrogen-bond donors (Lipinski definition) is 1. The third kappa shape index (κ3) is 3.32. The van der Waals surface area contributed by atoms with E-state index in [1.165, 1.54) is 38.5 Å². The van der Waals surface area contributed by atoms with E-state index in [0.717, 1.165) is 25.0 Å². The second-order valence-electron chi connectivity index (χ2n) is 5.79. The van der Waals surface area contributed by atoms with Gasteiger partial charge in [-0.3, -0.25) is 9.59 Å². The third-order valence-electron chi connectivity index (χ3n) is 3.94. The van der Waals surface area contributed by atoms with E-state index in [-0.39, 0.29) is 5.57 Å². The van der Waals surface area contributed by atoms with Crippen LogP contribution in [0.3, 0.4) is 0 Å². The fraction of sp³-hybridized carbons (Fsp3) is 0.529. The van der Waals surface area contributed by atoms with Crippen LogP contribution >= 0.6 is 0 Å². The number of ketones is 2. The molecule has 1 heterocycles. The van der Waals surface area contributed by atoms with E-state index in [4.69, 9.17) is 4.74 Å². The lowest BCUT2D eigenvalue weighted by Crippen LogP contribution is -2.46. The van der Waals surface area contributed by atoms with Crippen molar-refractivity contribution in [1.29, 1.82) is 0 Å². The first kappa shape index (κ1) is 15.7. The monoisotopic (exact) mass is 290 g/mol. The minimum atomic E-state index is -1.97. The van der Waals surface area contributed by atoms with Crippen molar-refractivity contribution in [2.45, 2.75) is 58.0 Å². The Kier molecular flexibility index (Phi) is 4.78. The number of unbranched alkanes of at least 4 members (excludes halogenated alkanes) is 4. The van der Waals surface area contributed by atoms with E-state index in [1.54, 1.807) is 6.08 Å². The molecular formula is C17H22O4. The molecule has 4 nitrogen and oxygen atoms in total. The third-order valence-corrected chi connectivity index (χ3v) is 3.94. The predicted molar refractivity (Wildman–Crippen MR) is 79.3 cm³/mol. The van der Waals surface area contributed by atoms with Crippen molar-refractivity contribution in [2.75, 3.05) is 0 Å². The molecule has 21 heavy (non-hydrogen) atoms. The standard InChI is InChI=1S/C17H22O4/c1-3-4-5-6-7-8-13-9-12-10-15(18)17(2,20)16(19)14(12)11-21-13/h9-11,20H,3-8H2,1-2H3. The van der Waals surface area contributed by atoms with Crippen LogP contribution in [0.15, 0.2) is 35.3 Å². The molecule has 2 rings (SSSR count). The van der Waals surface area contributed by atoms with Crippen molar-refractivity contribution in [3.63, 3.8) is 0 Å². The molecule has 0 saturated heterocycles. The molecule has 0 saturated carbocycles. The normalized spacial score (nSPS) is 24.8. The highest BCUT2D eigenvalue weighted by Crippen LogP contribution is 2.32. The second-order valence-corrected chi connectivity index (χ2v) is 5.79. The van der Waals surface area contributed by atoms with Gasteiger partial charge in [-0.15, -0.1) is 0 Å². The fourth-order valence-corrected chi connectivity index (χ4v) is 2.48. The summed E-state index contributed by atoms with van der Waals surface area (Å²) in [7, 11) is 0. The summed E-state index contributed by atoms with van der Waals surface area (Å²) < 4.78 is 5.47. The number of hydrogen-bond acceptors (Lipinski definition) is 4. The maximum absolute atomic E-state index is 12.0. The van der Waals surface area contributed by atoms with Crippen LogP contribution in [0.5, 0.6) is 0 Å². The second kappa shape index (κ2) is 6.39. The summed E-state index contributed by atoms with van der Waals surface area (Å²) in [5.41, 5.74) is -1.15. The van der Waals surface area contributed by atoms with Crippen LogP contribution in [0.2, 0.25) is 0 Å². The van der Waals surface area contributed by atoms with Gasteiger partial charge in [-0.05, 0) is 31.1 Å². The zero-order chi connectivity index (χ0) is 15.5. The zero-order valence-corrected chi connectivity index (χ0v) is 12.6. The first-order valence-corrected chi connectivity index (χ1v) is 7.58. The number of rotatable bonds is 6. The Hall–Kier alpha value is -1.68. The number of ether oxygens (including phenoxy) is 1. The molecule has 1 unspecified atom stereocenters. The number of carbonyl (C=O) groups is 2.